The fraction of sp³-hybridized carbons (Fsp3) is 0.688. The molecule has 1 saturated heterocycles. The number of fused-ring (bicyclic) bond motifs is 3. The molecule has 0 aromatic heterocycles. The molecule has 1 aromatic rings. The minimum Gasteiger partial charge on any atom is -0.497 e. The van der Waals surface area contributed by atoms with Crippen LogP contribution in [-0.4, -0.2) is 80.8 Å². The van der Waals surface area contributed by atoms with E-state index in [1.54, 1.807) is 21.0 Å². The van der Waals surface area contributed by atoms with Crippen LogP contribution in [0.5, 0.6) is 11.5 Å². The molecule has 0 amide bonds. The van der Waals surface area contributed by atoms with E-state index in [9.17, 15) is 19.8 Å². The van der Waals surface area contributed by atoms with Crippen molar-refractivity contribution >= 4 is 22.8 Å². The third kappa shape index (κ3) is 6.18. The van der Waals surface area contributed by atoms with Crippen molar-refractivity contribution in [2.45, 2.75) is 113 Å². The third-order valence-electron chi connectivity index (χ3n) is 8.81. The molecule has 1 aromatic carbocycles. The molecule has 0 radical (unpaired) electrons. The number of nitrogens with zero attached hydrogens (tertiary/aromatic N) is 1. The molecule has 4 atom stereocenters. The quantitative estimate of drug-likeness (QED) is 0.392. The Balaban J connectivity index is 1.49. The predicted molar refractivity (Wildman–Crippen MR) is 160 cm³/mol. The number of esters is 1. The largest absolute Gasteiger partial charge is 0.497 e. The lowest BCUT2D eigenvalue weighted by molar-refractivity contribution is -0.175. The average Bonchev–Trinajstić information content (AvgIpc) is 3.55. The van der Waals surface area contributed by atoms with Crippen LogP contribution in [0.1, 0.15) is 90.2 Å². The molecule has 3 heterocycles. The average molecular weight is 604 g/mol. The SMILES string of the molecule is COC1=C[C@@]23CCCN2CCc2cc4c(cc2[C@@H]3C1OC(=O)[C@@](O)(CCCC(C)(C)O)CC(=O)SC(C)(C)C)OCO4. The Kier molecular flexibility index (Phi) is 8.41. The normalized spacial score (nSPS) is 26.4. The molecular weight excluding hydrogens is 558 g/mol. The summed E-state index contributed by atoms with van der Waals surface area (Å²) in [6, 6.07) is 4.05. The summed E-state index contributed by atoms with van der Waals surface area (Å²) in [7, 11) is 1.58. The first-order valence-electron chi connectivity index (χ1n) is 15.0. The molecule has 232 valence electrons. The highest BCUT2D eigenvalue weighted by atomic mass is 32.2. The highest BCUT2D eigenvalue weighted by Crippen LogP contribution is 2.55. The van der Waals surface area contributed by atoms with Crippen molar-refractivity contribution in [2.24, 2.45) is 0 Å². The van der Waals surface area contributed by atoms with E-state index >= 15 is 0 Å². The fourth-order valence-electron chi connectivity index (χ4n) is 7.01. The van der Waals surface area contributed by atoms with Crippen LogP contribution in [0.4, 0.5) is 0 Å². The van der Waals surface area contributed by atoms with Gasteiger partial charge >= 0.3 is 5.97 Å². The number of hydrogen-bond donors (Lipinski definition) is 2. The van der Waals surface area contributed by atoms with Gasteiger partial charge in [-0.3, -0.25) is 9.69 Å². The lowest BCUT2D eigenvalue weighted by atomic mass is 9.77. The topological polar surface area (TPSA) is 115 Å². The number of rotatable bonds is 9. The maximum atomic E-state index is 14.1. The number of aliphatic hydroxyl groups is 2. The fourth-order valence-corrected chi connectivity index (χ4v) is 8.01. The zero-order chi connectivity index (χ0) is 30.5. The van der Waals surface area contributed by atoms with Gasteiger partial charge in [-0.15, -0.1) is 0 Å². The summed E-state index contributed by atoms with van der Waals surface area (Å²) in [6.07, 6.45) is 4.32. The van der Waals surface area contributed by atoms with Crippen LogP contribution in [0.2, 0.25) is 0 Å². The molecule has 4 aliphatic rings. The van der Waals surface area contributed by atoms with Crippen LogP contribution in [0.3, 0.4) is 0 Å². The van der Waals surface area contributed by atoms with Crippen molar-refractivity contribution in [1.82, 2.24) is 4.90 Å². The smallest absolute Gasteiger partial charge is 0.339 e. The summed E-state index contributed by atoms with van der Waals surface area (Å²) in [6.45, 7) is 11.0. The highest BCUT2D eigenvalue weighted by Gasteiger charge is 2.59. The number of hydrogen-bond acceptors (Lipinski definition) is 10. The third-order valence-corrected chi connectivity index (χ3v) is 9.80. The van der Waals surface area contributed by atoms with Gasteiger partial charge in [0.15, 0.2) is 28.3 Å². The zero-order valence-corrected chi connectivity index (χ0v) is 26.5. The summed E-state index contributed by atoms with van der Waals surface area (Å²) in [5.41, 5.74) is -1.29. The second-order valence-corrected chi connectivity index (χ2v) is 15.6. The Morgan fingerprint density at radius 2 is 1.81 bits per heavy atom. The molecule has 5 rings (SSSR count). The molecule has 2 N–H and O–H groups in total. The van der Waals surface area contributed by atoms with E-state index < -0.39 is 28.8 Å². The van der Waals surface area contributed by atoms with Gasteiger partial charge in [-0.2, -0.15) is 0 Å². The molecule has 0 bridgehead atoms. The highest BCUT2D eigenvalue weighted by molar-refractivity contribution is 8.14. The molecule has 42 heavy (non-hydrogen) atoms. The number of ether oxygens (including phenoxy) is 4. The van der Waals surface area contributed by atoms with Crippen molar-refractivity contribution in [3.63, 3.8) is 0 Å². The molecular formula is C32H45NO8S. The van der Waals surface area contributed by atoms with E-state index in [2.05, 4.69) is 11.0 Å². The molecule has 9 nitrogen and oxygen atoms in total. The van der Waals surface area contributed by atoms with E-state index in [1.807, 2.05) is 32.9 Å². The number of carbonyl (C=O) groups is 2. The standard InChI is InChI=1S/C32H45NO8S/c1-29(2,3)42-25(34)18-32(37,12-7-10-30(4,5)36)28(35)41-27-24(38-6)17-31-11-8-13-33(31)14-9-20-15-22-23(40-19-39-22)16-21(20)26(27)31/h15-17,26-27,36-37H,7-14,18-19H2,1-6H3/t26-,27?,31-,32-/m1/s1. The van der Waals surface area contributed by atoms with Gasteiger partial charge in [-0.1, -0.05) is 32.5 Å². The van der Waals surface area contributed by atoms with Crippen LogP contribution >= 0.6 is 11.8 Å². The summed E-state index contributed by atoms with van der Waals surface area (Å²) in [5, 5.41) is 21.8. The first-order chi connectivity index (χ1) is 19.6. The van der Waals surface area contributed by atoms with Crippen molar-refractivity contribution in [3.8, 4) is 11.5 Å². The van der Waals surface area contributed by atoms with E-state index in [0.29, 0.717) is 30.1 Å². The Morgan fingerprint density at radius 3 is 2.48 bits per heavy atom. The lowest BCUT2D eigenvalue weighted by Gasteiger charge is -2.39. The lowest BCUT2D eigenvalue weighted by Crippen LogP contribution is -2.49. The Bertz CT molecular complexity index is 1250. The molecule has 0 saturated carbocycles. The molecule has 1 unspecified atom stereocenters. The van der Waals surface area contributed by atoms with Crippen molar-refractivity contribution < 1.29 is 38.7 Å². The maximum absolute atomic E-state index is 14.1. The summed E-state index contributed by atoms with van der Waals surface area (Å²) in [4.78, 5) is 29.6. The van der Waals surface area contributed by atoms with Gasteiger partial charge in [-0.25, -0.2) is 4.79 Å². The number of carbonyl (C=O) groups excluding carboxylic acids is 2. The Hall–Kier alpha value is -2.27. The molecule has 1 spiro atoms. The zero-order valence-electron chi connectivity index (χ0n) is 25.7. The number of thioether (sulfide) groups is 1. The molecule has 1 fully saturated rings. The van der Waals surface area contributed by atoms with Crippen molar-refractivity contribution in [1.29, 1.82) is 0 Å². The molecule has 1 aliphatic carbocycles. The van der Waals surface area contributed by atoms with Gasteiger partial charge in [0.05, 0.1) is 30.6 Å². The monoisotopic (exact) mass is 603 g/mol. The van der Waals surface area contributed by atoms with Gasteiger partial charge in [0.1, 0.15) is 5.76 Å². The van der Waals surface area contributed by atoms with E-state index in [1.165, 1.54) is 0 Å². The van der Waals surface area contributed by atoms with E-state index in [4.69, 9.17) is 18.9 Å². The molecule has 3 aliphatic heterocycles. The van der Waals surface area contributed by atoms with Crippen LogP contribution in [0, 0.1) is 0 Å². The van der Waals surface area contributed by atoms with Gasteiger partial charge in [0, 0.05) is 11.3 Å². The second-order valence-electron chi connectivity index (χ2n) is 13.8. The Labute approximate surface area is 252 Å². The molecule has 10 heteroatoms. The summed E-state index contributed by atoms with van der Waals surface area (Å²) in [5.74, 6) is 0.792. The first kappa shape index (κ1) is 31.2. The number of methoxy groups -OCH3 is 1. The van der Waals surface area contributed by atoms with Crippen LogP contribution in [-0.2, 0) is 25.5 Å². The Morgan fingerprint density at radius 1 is 1.10 bits per heavy atom. The van der Waals surface area contributed by atoms with Gasteiger partial charge in [0.25, 0.3) is 0 Å². The van der Waals surface area contributed by atoms with Crippen molar-refractivity contribution in [2.75, 3.05) is 27.0 Å². The maximum Gasteiger partial charge on any atom is 0.339 e. The van der Waals surface area contributed by atoms with Crippen LogP contribution in [0.25, 0.3) is 0 Å². The van der Waals surface area contributed by atoms with E-state index in [-0.39, 0.29) is 35.4 Å². The minimum absolute atomic E-state index is 0.0117. The summed E-state index contributed by atoms with van der Waals surface area (Å²) < 4.78 is 23.2. The number of benzene rings is 1. The van der Waals surface area contributed by atoms with Gasteiger partial charge in [0.2, 0.25) is 6.79 Å². The van der Waals surface area contributed by atoms with Crippen molar-refractivity contribution in [3.05, 3.63) is 35.1 Å². The van der Waals surface area contributed by atoms with Crippen LogP contribution in [0.15, 0.2) is 24.0 Å². The van der Waals surface area contributed by atoms with E-state index in [0.717, 1.165) is 55.2 Å². The van der Waals surface area contributed by atoms with Gasteiger partial charge in [-0.05, 0) is 88.3 Å². The second kappa shape index (κ2) is 11.3. The summed E-state index contributed by atoms with van der Waals surface area (Å²) >= 11 is 1.10. The predicted octanol–water partition coefficient (Wildman–Crippen LogP) is 4.47. The van der Waals surface area contributed by atoms with Crippen LogP contribution < -0.4 is 9.47 Å². The van der Waals surface area contributed by atoms with Gasteiger partial charge < -0.3 is 29.2 Å². The minimum atomic E-state index is -2.05. The first-order valence-corrected chi connectivity index (χ1v) is 15.8.